The lowest BCUT2D eigenvalue weighted by atomic mass is 9.67. The molecule has 14 aromatic rings. The molecular formula is C70H47N5. The van der Waals surface area contributed by atoms with E-state index in [0.29, 0.717) is 17.5 Å². The third-order valence-electron chi connectivity index (χ3n) is 14.9. The smallest absolute Gasteiger partial charge is 0.164 e. The van der Waals surface area contributed by atoms with Crippen LogP contribution in [0.1, 0.15) is 22.3 Å². The normalized spacial score (nSPS) is 12.4. The van der Waals surface area contributed by atoms with Crippen LogP contribution in [0, 0.1) is 0 Å². The summed E-state index contributed by atoms with van der Waals surface area (Å²) in [6.45, 7) is 0. The lowest BCUT2D eigenvalue weighted by Gasteiger charge is -2.34. The van der Waals surface area contributed by atoms with Crippen molar-refractivity contribution in [1.29, 1.82) is 0 Å². The van der Waals surface area contributed by atoms with Crippen molar-refractivity contribution in [2.45, 2.75) is 5.41 Å². The minimum absolute atomic E-state index is 0.484. The van der Waals surface area contributed by atoms with Crippen LogP contribution in [0.5, 0.6) is 0 Å². The maximum atomic E-state index is 5.03. The highest BCUT2D eigenvalue weighted by molar-refractivity contribution is 6.28. The van der Waals surface area contributed by atoms with Gasteiger partial charge in [0.15, 0.2) is 17.5 Å². The van der Waals surface area contributed by atoms with Gasteiger partial charge < -0.3 is 9.13 Å². The topological polar surface area (TPSA) is 48.5 Å². The third-order valence-corrected chi connectivity index (χ3v) is 14.9. The average Bonchev–Trinajstić information content (AvgIpc) is 4.23. The molecule has 0 bridgehead atoms. The fourth-order valence-corrected chi connectivity index (χ4v) is 11.8. The Morgan fingerprint density at radius 3 is 1.11 bits per heavy atom. The van der Waals surface area contributed by atoms with Crippen molar-refractivity contribution in [3.8, 4) is 56.7 Å². The first-order valence-corrected chi connectivity index (χ1v) is 25.5. The molecule has 15 rings (SSSR count). The van der Waals surface area contributed by atoms with Crippen LogP contribution in [-0.4, -0.2) is 24.1 Å². The van der Waals surface area contributed by atoms with E-state index < -0.39 is 5.41 Å². The number of hydrogen-bond acceptors (Lipinski definition) is 3. The van der Waals surface area contributed by atoms with Crippen LogP contribution in [0.25, 0.3) is 100 Å². The van der Waals surface area contributed by atoms with Gasteiger partial charge in [0.2, 0.25) is 0 Å². The summed E-state index contributed by atoms with van der Waals surface area (Å²) in [7, 11) is 0. The highest BCUT2D eigenvalue weighted by Gasteiger charge is 2.46. The van der Waals surface area contributed by atoms with E-state index in [-0.39, 0.29) is 0 Å². The van der Waals surface area contributed by atoms with Gasteiger partial charge in [-0.05, 0) is 88.0 Å². The summed E-state index contributed by atoms with van der Waals surface area (Å²) in [5, 5.41) is 5.20. The summed E-state index contributed by atoms with van der Waals surface area (Å²) in [4.78, 5) is 15.0. The Hall–Kier alpha value is -9.97. The second-order valence-electron chi connectivity index (χ2n) is 19.1. The zero-order chi connectivity index (χ0) is 49.7. The molecule has 0 aliphatic heterocycles. The van der Waals surface area contributed by atoms with E-state index in [1.54, 1.807) is 0 Å². The maximum absolute atomic E-state index is 5.03. The van der Waals surface area contributed by atoms with Crippen molar-refractivity contribution >= 4 is 43.6 Å². The van der Waals surface area contributed by atoms with Crippen LogP contribution in [0.15, 0.2) is 285 Å². The molecule has 0 N–H and O–H groups in total. The molecule has 3 heterocycles. The minimum atomic E-state index is -0.484. The second kappa shape index (κ2) is 18.3. The number of para-hydroxylation sites is 4. The molecule has 0 fully saturated rings. The van der Waals surface area contributed by atoms with E-state index in [2.05, 4.69) is 234 Å². The Bertz CT molecular complexity index is 4160. The molecule has 5 nitrogen and oxygen atoms in total. The predicted octanol–water partition coefficient (Wildman–Crippen LogP) is 17.1. The van der Waals surface area contributed by atoms with Gasteiger partial charge in [-0.25, -0.2) is 15.0 Å². The number of benzene rings is 11. The van der Waals surface area contributed by atoms with E-state index in [4.69, 9.17) is 15.0 Å². The van der Waals surface area contributed by atoms with Crippen LogP contribution < -0.4 is 0 Å². The number of hydrogen-bond donors (Lipinski definition) is 0. The Morgan fingerprint density at radius 2 is 0.627 bits per heavy atom. The van der Waals surface area contributed by atoms with Gasteiger partial charge in [0.25, 0.3) is 0 Å². The maximum Gasteiger partial charge on any atom is 0.164 e. The number of aromatic nitrogens is 5. The third kappa shape index (κ3) is 7.20. The Labute approximate surface area is 435 Å². The highest BCUT2D eigenvalue weighted by Crippen LogP contribution is 2.56. The number of fused-ring (bicyclic) bond motifs is 10. The van der Waals surface area contributed by atoms with Gasteiger partial charge >= 0.3 is 0 Å². The van der Waals surface area contributed by atoms with Gasteiger partial charge in [0.1, 0.15) is 0 Å². The van der Waals surface area contributed by atoms with Gasteiger partial charge in [-0.3, -0.25) is 0 Å². The minimum Gasteiger partial charge on any atom is -0.309 e. The van der Waals surface area contributed by atoms with E-state index >= 15 is 0 Å². The van der Waals surface area contributed by atoms with Crippen LogP contribution in [0.4, 0.5) is 0 Å². The largest absolute Gasteiger partial charge is 0.309 e. The van der Waals surface area contributed by atoms with E-state index in [0.717, 1.165) is 16.7 Å². The van der Waals surface area contributed by atoms with Crippen molar-refractivity contribution in [2.24, 2.45) is 0 Å². The van der Waals surface area contributed by atoms with Gasteiger partial charge in [-0.2, -0.15) is 0 Å². The molecule has 1 aliphatic rings. The van der Waals surface area contributed by atoms with Gasteiger partial charge in [0.05, 0.1) is 27.5 Å². The van der Waals surface area contributed by atoms with Gasteiger partial charge in [-0.1, -0.05) is 231 Å². The van der Waals surface area contributed by atoms with Crippen LogP contribution >= 0.6 is 0 Å². The fourth-order valence-electron chi connectivity index (χ4n) is 11.8. The quantitative estimate of drug-likeness (QED) is 0.160. The molecule has 1 aliphatic carbocycles. The molecule has 0 atom stereocenters. The monoisotopic (exact) mass is 957 g/mol. The van der Waals surface area contributed by atoms with Crippen molar-refractivity contribution in [1.82, 2.24) is 24.1 Å². The lowest BCUT2D eigenvalue weighted by molar-refractivity contribution is 0.768. The molecule has 0 amide bonds. The second-order valence-corrected chi connectivity index (χ2v) is 19.1. The summed E-state index contributed by atoms with van der Waals surface area (Å²) in [6.07, 6.45) is 0. The first kappa shape index (κ1) is 43.8. The Balaban J connectivity index is 0.000000144. The molecule has 0 spiro atoms. The van der Waals surface area contributed by atoms with Crippen LogP contribution in [-0.2, 0) is 5.41 Å². The summed E-state index contributed by atoms with van der Waals surface area (Å²) in [5.74, 6) is 1.96. The molecule has 3 aromatic heterocycles. The molecule has 11 aromatic carbocycles. The van der Waals surface area contributed by atoms with Crippen LogP contribution in [0.2, 0.25) is 0 Å². The zero-order valence-corrected chi connectivity index (χ0v) is 40.9. The zero-order valence-electron chi connectivity index (χ0n) is 40.9. The Kier molecular flexibility index (Phi) is 10.7. The standard InChI is InChI=1S/C40H27N3.C30H20N2/c1-4-15-28(16-5-1)37-41-38(29-17-6-2-7-18-29)43-39(42-37)30-19-14-22-32(27-30)40(31-20-8-3-9-21-31)35-25-12-10-23-33(35)34-24-11-13-26-36(34)40;1-3-11-21(12-4-1)31-25-17-9-7-15-23(25)29-27(31)19-20-28-30(29)24-16-8-10-18-26(24)32(28)22-13-5-2-6-14-22/h1-27H;1-20H. The molecule has 0 radical (unpaired) electrons. The summed E-state index contributed by atoms with van der Waals surface area (Å²) < 4.78 is 4.78. The molecule has 75 heavy (non-hydrogen) atoms. The van der Waals surface area contributed by atoms with Gasteiger partial charge in [0, 0.05) is 49.6 Å². The first-order valence-electron chi connectivity index (χ1n) is 25.5. The first-order chi connectivity index (χ1) is 37.2. The van der Waals surface area contributed by atoms with E-state index in [1.807, 2.05) is 60.7 Å². The van der Waals surface area contributed by atoms with E-state index in [1.165, 1.54) is 88.4 Å². The Morgan fingerprint density at radius 1 is 0.267 bits per heavy atom. The van der Waals surface area contributed by atoms with Crippen molar-refractivity contribution < 1.29 is 0 Å². The summed E-state index contributed by atoms with van der Waals surface area (Å²) in [5.41, 5.74) is 17.2. The summed E-state index contributed by atoms with van der Waals surface area (Å²) in [6, 6.07) is 101. The summed E-state index contributed by atoms with van der Waals surface area (Å²) >= 11 is 0. The molecule has 0 unspecified atom stereocenters. The molecule has 5 heteroatoms. The van der Waals surface area contributed by atoms with Crippen molar-refractivity contribution in [3.63, 3.8) is 0 Å². The molecule has 0 saturated heterocycles. The average molecular weight is 958 g/mol. The van der Waals surface area contributed by atoms with Gasteiger partial charge in [-0.15, -0.1) is 0 Å². The lowest BCUT2D eigenvalue weighted by Crippen LogP contribution is -2.28. The van der Waals surface area contributed by atoms with Crippen LogP contribution in [0.3, 0.4) is 0 Å². The number of nitrogens with zero attached hydrogens (tertiary/aromatic N) is 5. The predicted molar refractivity (Wildman–Crippen MR) is 309 cm³/mol. The van der Waals surface area contributed by atoms with Crippen molar-refractivity contribution in [3.05, 3.63) is 307 Å². The SMILES string of the molecule is c1ccc(-c2nc(-c3ccccc3)nc(-c3cccc(C4(c5ccccc5)c5ccccc5-c5ccccc54)c3)n2)cc1.c1ccc(-n2c3ccccc3c3c4c5ccccc5n(-c5ccccc5)c4ccc32)cc1. The fraction of sp³-hybridized carbons (Fsp3) is 0.0143. The van der Waals surface area contributed by atoms with E-state index in [9.17, 15) is 0 Å². The highest BCUT2D eigenvalue weighted by atomic mass is 15.0. The molecule has 0 saturated carbocycles. The molecule has 352 valence electrons. The number of rotatable bonds is 7. The van der Waals surface area contributed by atoms with Crippen molar-refractivity contribution in [2.75, 3.05) is 0 Å². The molecular weight excluding hydrogens is 911 g/mol.